The second kappa shape index (κ2) is 15.3. The molecule has 0 aliphatic carbocycles. The molecule has 55 heavy (non-hydrogen) atoms. The van der Waals surface area contributed by atoms with Crippen LogP contribution in [0.4, 0.5) is 5.95 Å². The van der Waals surface area contributed by atoms with Crippen molar-refractivity contribution >= 4 is 32.9 Å². The van der Waals surface area contributed by atoms with E-state index in [1.165, 1.54) is 4.31 Å². The number of aryl methyl sites for hydroxylation is 3. The summed E-state index contributed by atoms with van der Waals surface area (Å²) in [6.45, 7) is 16.7. The Labute approximate surface area is 323 Å². The van der Waals surface area contributed by atoms with Gasteiger partial charge in [0, 0.05) is 63.1 Å². The number of hydrogen-bond acceptors (Lipinski definition) is 10. The SMILES string of the molecule is CC[C@@H]1CN(Cc2cc([C@@H](c3ccc4c(nnn4CC)c3C)C(C)(C)NC(=O)c3cnc(N4CCN(C)CC4)nc3)ccc2C)S(=O)(=O)c2ccccc2O1. The van der Waals surface area contributed by atoms with Crippen LogP contribution in [-0.2, 0) is 23.1 Å². The molecular weight excluding hydrogens is 715 g/mol. The predicted octanol–water partition coefficient (Wildman–Crippen LogP) is 5.31. The monoisotopic (exact) mass is 765 g/mol. The number of carbonyl (C=O) groups is 1. The normalized spacial score (nSPS) is 18.4. The Kier molecular flexibility index (Phi) is 10.7. The van der Waals surface area contributed by atoms with Crippen molar-refractivity contribution in [2.75, 3.05) is 44.7 Å². The number of carbonyl (C=O) groups excluding carboxylic acids is 1. The highest BCUT2D eigenvalue weighted by Gasteiger charge is 2.38. The molecule has 2 atom stereocenters. The molecular formula is C41H51N9O4S. The third-order valence-corrected chi connectivity index (χ3v) is 13.0. The van der Waals surface area contributed by atoms with E-state index in [9.17, 15) is 13.2 Å². The Morgan fingerprint density at radius 3 is 2.44 bits per heavy atom. The third-order valence-electron chi connectivity index (χ3n) is 11.1. The maximum absolute atomic E-state index is 14.1. The zero-order valence-electron chi connectivity index (χ0n) is 32.8. The van der Waals surface area contributed by atoms with Crippen molar-refractivity contribution in [2.45, 2.75) is 83.5 Å². The predicted molar refractivity (Wildman–Crippen MR) is 213 cm³/mol. The smallest absolute Gasteiger partial charge is 0.254 e. The Bertz CT molecular complexity index is 2300. The molecule has 4 heterocycles. The molecule has 2 aliphatic heterocycles. The molecule has 2 aromatic heterocycles. The summed E-state index contributed by atoms with van der Waals surface area (Å²) in [6.07, 6.45) is 3.55. The molecule has 3 aromatic carbocycles. The second-order valence-corrected chi connectivity index (χ2v) is 17.2. The minimum Gasteiger partial charge on any atom is -0.488 e. The molecule has 0 bridgehead atoms. The minimum atomic E-state index is -3.86. The molecule has 1 amide bonds. The van der Waals surface area contributed by atoms with Gasteiger partial charge in [0.05, 0.1) is 17.6 Å². The Balaban J connectivity index is 1.25. The highest BCUT2D eigenvalue weighted by Crippen LogP contribution is 2.40. The first-order chi connectivity index (χ1) is 26.3. The van der Waals surface area contributed by atoms with Gasteiger partial charge in [-0.05, 0) is 94.1 Å². The highest BCUT2D eigenvalue weighted by atomic mass is 32.2. The van der Waals surface area contributed by atoms with Gasteiger partial charge in [-0.25, -0.2) is 23.1 Å². The summed E-state index contributed by atoms with van der Waals surface area (Å²) in [7, 11) is -1.76. The van der Waals surface area contributed by atoms with E-state index in [2.05, 4.69) is 60.6 Å². The molecule has 1 N–H and O–H groups in total. The highest BCUT2D eigenvalue weighted by molar-refractivity contribution is 7.89. The number of sulfonamides is 1. The number of para-hydroxylation sites is 1. The van der Waals surface area contributed by atoms with Gasteiger partial charge >= 0.3 is 0 Å². The number of aromatic nitrogens is 5. The van der Waals surface area contributed by atoms with Crippen LogP contribution in [0.25, 0.3) is 11.0 Å². The van der Waals surface area contributed by atoms with Crippen molar-refractivity contribution in [1.82, 2.24) is 39.5 Å². The number of nitrogens with zero attached hydrogens (tertiary/aromatic N) is 8. The molecule has 14 heteroatoms. The summed E-state index contributed by atoms with van der Waals surface area (Å²) in [6, 6.07) is 17.2. The van der Waals surface area contributed by atoms with Crippen LogP contribution >= 0.6 is 0 Å². The summed E-state index contributed by atoms with van der Waals surface area (Å²) in [4.78, 5) is 27.7. The third kappa shape index (κ3) is 7.54. The van der Waals surface area contributed by atoms with Crippen molar-refractivity contribution in [3.63, 3.8) is 0 Å². The summed E-state index contributed by atoms with van der Waals surface area (Å²) in [5.41, 5.74) is 5.94. The minimum absolute atomic E-state index is 0.162. The largest absolute Gasteiger partial charge is 0.488 e. The molecule has 0 radical (unpaired) electrons. The van der Waals surface area contributed by atoms with Crippen molar-refractivity contribution in [2.24, 2.45) is 0 Å². The lowest BCUT2D eigenvalue weighted by atomic mass is 9.74. The van der Waals surface area contributed by atoms with E-state index in [0.717, 1.165) is 65.0 Å². The lowest BCUT2D eigenvalue weighted by Crippen LogP contribution is -2.48. The molecule has 5 aromatic rings. The standard InChI is InChI=1S/C41H51N9O4S/c1-8-32-26-49(55(52,53)36-13-11-10-12-35(36)54-32)25-30-22-29(15-14-27(30)3)37(33-16-17-34-38(28(33)4)45-46-50(34)9-2)41(5,6)44-39(51)31-23-42-40(43-24-31)48-20-18-47(7)19-21-48/h10-17,22-24,32,37H,8-9,18-21,25-26H2,1-7H3,(H,44,51)/t32-,37+/m1/s1. The average Bonchev–Trinajstić information content (AvgIpc) is 3.56. The lowest BCUT2D eigenvalue weighted by Gasteiger charge is -2.37. The number of fused-ring (bicyclic) bond motifs is 2. The topological polar surface area (TPSA) is 139 Å². The number of nitrogens with one attached hydrogen (secondary N) is 1. The fourth-order valence-electron chi connectivity index (χ4n) is 7.79. The first kappa shape index (κ1) is 38.4. The van der Waals surface area contributed by atoms with Crippen LogP contribution < -0.4 is 15.0 Å². The number of rotatable bonds is 10. The zero-order chi connectivity index (χ0) is 39.1. The fraction of sp³-hybridized carbons (Fsp3) is 0.439. The van der Waals surface area contributed by atoms with Crippen LogP contribution in [0.2, 0.25) is 0 Å². The van der Waals surface area contributed by atoms with E-state index in [0.29, 0.717) is 30.2 Å². The van der Waals surface area contributed by atoms with Gasteiger partial charge in [-0.2, -0.15) is 4.31 Å². The average molecular weight is 766 g/mol. The van der Waals surface area contributed by atoms with Gasteiger partial charge in [-0.15, -0.1) is 5.10 Å². The van der Waals surface area contributed by atoms with Crippen LogP contribution in [-0.4, -0.2) is 99.9 Å². The van der Waals surface area contributed by atoms with Crippen LogP contribution in [0.1, 0.15) is 78.2 Å². The van der Waals surface area contributed by atoms with Gasteiger partial charge in [0.2, 0.25) is 16.0 Å². The molecule has 0 spiro atoms. The Hall–Kier alpha value is -4.92. The Morgan fingerprint density at radius 1 is 1.00 bits per heavy atom. The van der Waals surface area contributed by atoms with E-state index in [-0.39, 0.29) is 35.9 Å². The van der Waals surface area contributed by atoms with Crippen molar-refractivity contribution in [3.05, 3.63) is 100 Å². The number of benzene rings is 3. The second-order valence-electron chi connectivity index (χ2n) is 15.3. The maximum Gasteiger partial charge on any atom is 0.254 e. The van der Waals surface area contributed by atoms with Crippen molar-refractivity contribution in [1.29, 1.82) is 0 Å². The van der Waals surface area contributed by atoms with Crippen LogP contribution in [0, 0.1) is 13.8 Å². The van der Waals surface area contributed by atoms with Crippen LogP contribution in [0.3, 0.4) is 0 Å². The van der Waals surface area contributed by atoms with Gasteiger partial charge in [-0.1, -0.05) is 48.5 Å². The van der Waals surface area contributed by atoms with E-state index in [4.69, 9.17) is 4.74 Å². The number of anilines is 1. The van der Waals surface area contributed by atoms with Crippen LogP contribution in [0.5, 0.6) is 5.75 Å². The Morgan fingerprint density at radius 2 is 1.73 bits per heavy atom. The molecule has 2 aliphatic rings. The number of amides is 1. The molecule has 1 fully saturated rings. The zero-order valence-corrected chi connectivity index (χ0v) is 33.6. The quantitative estimate of drug-likeness (QED) is 0.199. The molecule has 0 unspecified atom stereocenters. The first-order valence-corrected chi connectivity index (χ1v) is 20.5. The van der Waals surface area contributed by atoms with Crippen molar-refractivity contribution < 1.29 is 17.9 Å². The van der Waals surface area contributed by atoms with Crippen molar-refractivity contribution in [3.8, 4) is 5.75 Å². The summed E-state index contributed by atoms with van der Waals surface area (Å²) < 4.78 is 37.9. The number of likely N-dealkylation sites (N-methyl/N-ethyl adjacent to an activating group) is 1. The van der Waals surface area contributed by atoms with E-state index in [1.807, 2.05) is 58.4 Å². The van der Waals surface area contributed by atoms with E-state index < -0.39 is 15.6 Å². The van der Waals surface area contributed by atoms with Gasteiger partial charge in [0.25, 0.3) is 5.91 Å². The number of ether oxygens (including phenoxy) is 1. The lowest BCUT2D eigenvalue weighted by molar-refractivity contribution is 0.0905. The summed E-state index contributed by atoms with van der Waals surface area (Å²) >= 11 is 0. The van der Waals surface area contributed by atoms with Crippen LogP contribution in [0.15, 0.2) is 71.9 Å². The maximum atomic E-state index is 14.1. The molecule has 1 saturated heterocycles. The first-order valence-electron chi connectivity index (χ1n) is 19.1. The number of hydrogen-bond donors (Lipinski definition) is 1. The molecule has 7 rings (SSSR count). The van der Waals surface area contributed by atoms with Gasteiger partial charge < -0.3 is 19.9 Å². The fourth-order valence-corrected chi connectivity index (χ4v) is 9.37. The molecule has 290 valence electrons. The number of piperazine rings is 1. The van der Waals surface area contributed by atoms with Gasteiger partial charge in [-0.3, -0.25) is 4.79 Å². The van der Waals surface area contributed by atoms with Gasteiger partial charge in [0.15, 0.2) is 0 Å². The summed E-state index contributed by atoms with van der Waals surface area (Å²) in [5.74, 6) is 0.337. The van der Waals surface area contributed by atoms with E-state index in [1.54, 1.807) is 36.7 Å². The molecule has 13 nitrogen and oxygen atoms in total. The molecule has 0 saturated carbocycles. The van der Waals surface area contributed by atoms with E-state index >= 15 is 0 Å². The summed E-state index contributed by atoms with van der Waals surface area (Å²) in [5, 5.41) is 12.3. The van der Waals surface area contributed by atoms with Gasteiger partial charge in [0.1, 0.15) is 22.3 Å².